The van der Waals surface area contributed by atoms with E-state index in [1.165, 1.54) is 7.11 Å². The zero-order valence-corrected chi connectivity index (χ0v) is 11.3. The minimum atomic E-state index is -0.397. The average Bonchev–Trinajstić information content (AvgIpc) is 2.26. The van der Waals surface area contributed by atoms with Gasteiger partial charge in [-0.15, -0.1) is 0 Å². The Bertz CT molecular complexity index is 353. The number of benzene rings is 1. The van der Waals surface area contributed by atoms with Crippen molar-refractivity contribution < 1.29 is 14.3 Å². The van der Waals surface area contributed by atoms with Crippen molar-refractivity contribution in [3.8, 4) is 5.75 Å². The molecule has 1 rings (SSSR count). The third-order valence-corrected chi connectivity index (χ3v) is 2.99. The van der Waals surface area contributed by atoms with Crippen molar-refractivity contribution >= 4 is 37.8 Å². The maximum absolute atomic E-state index is 10.8. The third kappa shape index (κ3) is 3.83. The van der Waals surface area contributed by atoms with E-state index in [0.29, 0.717) is 5.75 Å². The minimum absolute atomic E-state index is 0.0806. The summed E-state index contributed by atoms with van der Waals surface area (Å²) in [5.74, 6) is 0.233. The van der Waals surface area contributed by atoms with E-state index in [4.69, 9.17) is 4.74 Å². The van der Waals surface area contributed by atoms with Crippen molar-refractivity contribution in [3.63, 3.8) is 0 Å². The van der Waals surface area contributed by atoms with E-state index in [0.717, 1.165) is 15.4 Å². The van der Waals surface area contributed by atoms with Crippen molar-refractivity contribution in [1.82, 2.24) is 0 Å². The highest BCUT2D eigenvalue weighted by Crippen LogP contribution is 2.26. The van der Waals surface area contributed by atoms with Crippen LogP contribution in [0.25, 0.3) is 0 Å². The van der Waals surface area contributed by atoms with Gasteiger partial charge in [-0.3, -0.25) is 0 Å². The van der Waals surface area contributed by atoms with Crippen LogP contribution >= 0.6 is 31.9 Å². The van der Waals surface area contributed by atoms with Crippen molar-refractivity contribution in [2.24, 2.45) is 0 Å². The van der Waals surface area contributed by atoms with Gasteiger partial charge in [0.1, 0.15) is 5.75 Å². The molecule has 0 aliphatic carbocycles. The maximum Gasteiger partial charge on any atom is 0.343 e. The lowest BCUT2D eigenvalue weighted by Gasteiger charge is -2.07. The molecule has 0 spiro atoms. The summed E-state index contributed by atoms with van der Waals surface area (Å²) in [5.41, 5.74) is 1.13. The predicted molar refractivity (Wildman–Crippen MR) is 64.3 cm³/mol. The van der Waals surface area contributed by atoms with Crippen LogP contribution in [0.2, 0.25) is 0 Å². The maximum atomic E-state index is 10.8. The van der Waals surface area contributed by atoms with Crippen molar-refractivity contribution in [2.75, 3.05) is 13.7 Å². The molecule has 15 heavy (non-hydrogen) atoms. The lowest BCUT2D eigenvalue weighted by Crippen LogP contribution is -2.12. The molecule has 3 nitrogen and oxygen atoms in total. The Morgan fingerprint density at radius 1 is 1.47 bits per heavy atom. The van der Waals surface area contributed by atoms with E-state index in [9.17, 15) is 4.79 Å². The Hall–Kier alpha value is -0.550. The molecule has 0 aliphatic heterocycles. The van der Waals surface area contributed by atoms with Crippen LogP contribution in [0.3, 0.4) is 0 Å². The average molecular weight is 338 g/mol. The first-order valence-corrected chi connectivity index (χ1v) is 6.13. The van der Waals surface area contributed by atoms with Crippen LogP contribution in [0.15, 0.2) is 22.7 Å². The molecule has 0 unspecified atom stereocenters. The van der Waals surface area contributed by atoms with Crippen LogP contribution in [-0.2, 0) is 14.9 Å². The fourth-order valence-corrected chi connectivity index (χ4v) is 1.83. The molecule has 0 atom stereocenters. The number of hydrogen-bond acceptors (Lipinski definition) is 3. The molecule has 82 valence electrons. The second kappa shape index (κ2) is 6.12. The molecule has 1 aromatic carbocycles. The fraction of sp³-hybridized carbons (Fsp3) is 0.300. The number of ether oxygens (including phenoxy) is 2. The van der Waals surface area contributed by atoms with Gasteiger partial charge in [-0.05, 0) is 33.6 Å². The Labute approximate surface area is 105 Å². The molecule has 0 fully saturated rings. The zero-order chi connectivity index (χ0) is 11.3. The molecule has 0 amide bonds. The molecule has 5 heteroatoms. The van der Waals surface area contributed by atoms with Gasteiger partial charge in [0.15, 0.2) is 6.61 Å². The van der Waals surface area contributed by atoms with E-state index in [-0.39, 0.29) is 6.61 Å². The van der Waals surface area contributed by atoms with Crippen LogP contribution in [0.5, 0.6) is 5.75 Å². The van der Waals surface area contributed by atoms with Crippen molar-refractivity contribution in [2.45, 2.75) is 5.33 Å². The van der Waals surface area contributed by atoms with E-state index in [1.54, 1.807) is 0 Å². The van der Waals surface area contributed by atoms with Gasteiger partial charge in [-0.2, -0.15) is 0 Å². The second-order valence-electron chi connectivity index (χ2n) is 2.76. The minimum Gasteiger partial charge on any atom is -0.481 e. The van der Waals surface area contributed by atoms with Crippen LogP contribution < -0.4 is 4.74 Å². The number of methoxy groups -OCH3 is 1. The van der Waals surface area contributed by atoms with Crippen LogP contribution in [-0.4, -0.2) is 19.7 Å². The summed E-state index contributed by atoms with van der Waals surface area (Å²) in [6.45, 7) is -0.0806. The Balaban J connectivity index is 2.66. The number of halogens is 2. The molecular formula is C10H10Br2O3. The lowest BCUT2D eigenvalue weighted by molar-refractivity contribution is -0.142. The van der Waals surface area contributed by atoms with Crippen LogP contribution in [0.4, 0.5) is 0 Å². The van der Waals surface area contributed by atoms with Gasteiger partial charge in [0.25, 0.3) is 0 Å². The monoisotopic (exact) mass is 336 g/mol. The molecule has 0 aromatic heterocycles. The first-order valence-electron chi connectivity index (χ1n) is 4.21. The van der Waals surface area contributed by atoms with Crippen molar-refractivity contribution in [3.05, 3.63) is 28.2 Å². The largest absolute Gasteiger partial charge is 0.481 e. The van der Waals surface area contributed by atoms with E-state index in [1.807, 2.05) is 18.2 Å². The normalized spacial score (nSPS) is 9.80. The summed E-state index contributed by atoms with van der Waals surface area (Å²) in [4.78, 5) is 10.8. The van der Waals surface area contributed by atoms with Crippen LogP contribution in [0.1, 0.15) is 5.56 Å². The summed E-state index contributed by atoms with van der Waals surface area (Å²) < 4.78 is 10.5. The standard InChI is InChI=1S/C10H10Br2O3/c1-14-10(13)6-15-9-3-2-7(5-11)4-8(9)12/h2-4H,5-6H2,1H3. The molecule has 0 N–H and O–H groups in total. The Morgan fingerprint density at radius 3 is 2.73 bits per heavy atom. The highest BCUT2D eigenvalue weighted by molar-refractivity contribution is 9.10. The molecule has 0 heterocycles. The van der Waals surface area contributed by atoms with Gasteiger partial charge < -0.3 is 9.47 Å². The molecule has 0 bridgehead atoms. The van der Waals surface area contributed by atoms with Gasteiger partial charge in [-0.25, -0.2) is 4.79 Å². The summed E-state index contributed by atoms with van der Waals surface area (Å²) in [6, 6.07) is 5.66. The second-order valence-corrected chi connectivity index (χ2v) is 4.18. The molecule has 0 saturated carbocycles. The van der Waals surface area contributed by atoms with Crippen molar-refractivity contribution in [1.29, 1.82) is 0 Å². The van der Waals surface area contributed by atoms with Gasteiger partial charge in [-0.1, -0.05) is 22.0 Å². The number of carbonyl (C=O) groups excluding carboxylic acids is 1. The number of carbonyl (C=O) groups is 1. The summed E-state index contributed by atoms with van der Waals surface area (Å²) >= 11 is 6.72. The van der Waals surface area contributed by atoms with E-state index >= 15 is 0 Å². The summed E-state index contributed by atoms with van der Waals surface area (Å²) in [7, 11) is 1.33. The Kier molecular flexibility index (Phi) is 5.11. The zero-order valence-electron chi connectivity index (χ0n) is 8.13. The molecule has 1 aromatic rings. The fourth-order valence-electron chi connectivity index (χ4n) is 0.940. The molecular weight excluding hydrogens is 328 g/mol. The number of esters is 1. The highest BCUT2D eigenvalue weighted by Gasteiger charge is 2.05. The predicted octanol–water partition coefficient (Wildman–Crippen LogP) is 2.90. The lowest BCUT2D eigenvalue weighted by atomic mass is 10.2. The van der Waals surface area contributed by atoms with E-state index < -0.39 is 5.97 Å². The van der Waals surface area contributed by atoms with Gasteiger partial charge in [0.2, 0.25) is 0 Å². The highest BCUT2D eigenvalue weighted by atomic mass is 79.9. The first kappa shape index (κ1) is 12.5. The topological polar surface area (TPSA) is 35.5 Å². The van der Waals surface area contributed by atoms with Gasteiger partial charge in [0, 0.05) is 5.33 Å². The quantitative estimate of drug-likeness (QED) is 0.626. The number of rotatable bonds is 4. The SMILES string of the molecule is COC(=O)COc1ccc(CBr)cc1Br. The van der Waals surface area contributed by atoms with Gasteiger partial charge in [0.05, 0.1) is 11.6 Å². The summed E-state index contributed by atoms with van der Waals surface area (Å²) in [5, 5.41) is 0.781. The smallest absolute Gasteiger partial charge is 0.343 e. The first-order chi connectivity index (χ1) is 7.17. The molecule has 0 saturated heterocycles. The third-order valence-electron chi connectivity index (χ3n) is 1.72. The van der Waals surface area contributed by atoms with Gasteiger partial charge >= 0.3 is 5.97 Å². The summed E-state index contributed by atoms with van der Waals surface area (Å²) in [6.07, 6.45) is 0. The number of hydrogen-bond donors (Lipinski definition) is 0. The number of alkyl halides is 1. The Morgan fingerprint density at radius 2 is 2.20 bits per heavy atom. The molecule has 0 radical (unpaired) electrons. The van der Waals surface area contributed by atoms with Crippen LogP contribution in [0, 0.1) is 0 Å². The molecule has 0 aliphatic rings. The van der Waals surface area contributed by atoms with E-state index in [2.05, 4.69) is 36.6 Å².